The third-order valence-corrected chi connectivity index (χ3v) is 5.13. The van der Waals surface area contributed by atoms with E-state index in [4.69, 9.17) is 0 Å². The average molecular weight is 405 g/mol. The van der Waals surface area contributed by atoms with E-state index in [0.717, 1.165) is 16.7 Å². The lowest BCUT2D eigenvalue weighted by molar-refractivity contribution is -0.150. The molecule has 0 unspecified atom stereocenters. The number of alkyl halides is 3. The summed E-state index contributed by atoms with van der Waals surface area (Å²) in [7, 11) is 0. The van der Waals surface area contributed by atoms with Gasteiger partial charge in [-0.05, 0) is 23.6 Å². The van der Waals surface area contributed by atoms with Crippen LogP contribution in [0.1, 0.15) is 18.5 Å². The van der Waals surface area contributed by atoms with Gasteiger partial charge < -0.3 is 5.32 Å². The van der Waals surface area contributed by atoms with Crippen LogP contribution in [0, 0.1) is 0 Å². The summed E-state index contributed by atoms with van der Waals surface area (Å²) in [6.45, 7) is 2.81. The molecule has 1 aliphatic rings. The molecule has 0 aliphatic carbocycles. The first kappa shape index (κ1) is 21.3. The van der Waals surface area contributed by atoms with Crippen molar-refractivity contribution in [2.24, 2.45) is 0 Å². The minimum Gasteiger partial charge on any atom is -0.348 e. The zero-order chi connectivity index (χ0) is 20.9. The van der Waals surface area contributed by atoms with Crippen LogP contribution in [0.3, 0.4) is 0 Å². The second kappa shape index (κ2) is 9.41. The Morgan fingerprint density at radius 1 is 0.931 bits per heavy atom. The summed E-state index contributed by atoms with van der Waals surface area (Å²) < 4.78 is 37.4. The zero-order valence-electron chi connectivity index (χ0n) is 16.5. The molecule has 1 amide bonds. The summed E-state index contributed by atoms with van der Waals surface area (Å²) in [5.41, 5.74) is 3.26. The third-order valence-electron chi connectivity index (χ3n) is 5.13. The smallest absolute Gasteiger partial charge is 0.348 e. The minimum atomic E-state index is -4.18. The largest absolute Gasteiger partial charge is 0.401 e. The highest BCUT2D eigenvalue weighted by molar-refractivity contribution is 5.78. The zero-order valence-corrected chi connectivity index (χ0v) is 16.5. The van der Waals surface area contributed by atoms with Gasteiger partial charge >= 0.3 is 6.18 Å². The van der Waals surface area contributed by atoms with Crippen LogP contribution in [0.4, 0.5) is 13.2 Å². The maximum Gasteiger partial charge on any atom is 0.401 e. The molecule has 0 bridgehead atoms. The van der Waals surface area contributed by atoms with Crippen LogP contribution >= 0.6 is 0 Å². The molecular weight excluding hydrogens is 379 g/mol. The quantitative estimate of drug-likeness (QED) is 0.796. The van der Waals surface area contributed by atoms with Crippen LogP contribution in [0.2, 0.25) is 0 Å². The normalized spacial score (nSPS) is 17.1. The molecule has 156 valence electrons. The SMILES string of the molecule is C[C@@H](NC(=O)CN1CCN(CC(F)(F)F)CC1)c1ccc(-c2ccccc2)cc1. The first-order valence-electron chi connectivity index (χ1n) is 9.76. The van der Waals surface area contributed by atoms with E-state index in [0.29, 0.717) is 26.2 Å². The summed E-state index contributed by atoms with van der Waals surface area (Å²) in [5.74, 6) is -0.117. The Balaban J connectivity index is 1.46. The number of piperazine rings is 1. The van der Waals surface area contributed by atoms with Crippen molar-refractivity contribution in [1.82, 2.24) is 15.1 Å². The second-order valence-electron chi connectivity index (χ2n) is 7.44. The van der Waals surface area contributed by atoms with E-state index in [9.17, 15) is 18.0 Å². The highest BCUT2D eigenvalue weighted by Gasteiger charge is 2.32. The van der Waals surface area contributed by atoms with Crippen LogP contribution in [-0.2, 0) is 4.79 Å². The van der Waals surface area contributed by atoms with Gasteiger partial charge in [-0.15, -0.1) is 0 Å². The van der Waals surface area contributed by atoms with Crippen molar-refractivity contribution in [1.29, 1.82) is 0 Å². The molecule has 1 aliphatic heterocycles. The van der Waals surface area contributed by atoms with Gasteiger partial charge in [0.25, 0.3) is 0 Å². The summed E-state index contributed by atoms with van der Waals surface area (Å²) in [6, 6.07) is 18.0. The number of rotatable bonds is 6. The summed E-state index contributed by atoms with van der Waals surface area (Å²) in [6.07, 6.45) is -4.18. The Kier molecular flexibility index (Phi) is 6.92. The molecule has 0 radical (unpaired) electrons. The summed E-state index contributed by atoms with van der Waals surface area (Å²) in [4.78, 5) is 15.6. The molecule has 3 rings (SSSR count). The van der Waals surface area contributed by atoms with Gasteiger partial charge in [0.15, 0.2) is 0 Å². The van der Waals surface area contributed by atoms with Gasteiger partial charge in [0.2, 0.25) is 5.91 Å². The van der Waals surface area contributed by atoms with Crippen molar-refractivity contribution in [3.8, 4) is 11.1 Å². The van der Waals surface area contributed by atoms with E-state index in [1.807, 2.05) is 54.3 Å². The lowest BCUT2D eigenvalue weighted by Gasteiger charge is -2.34. The standard InChI is InChI=1S/C22H26F3N3O/c1-17(18-7-9-20(10-8-18)19-5-3-2-4-6-19)26-21(29)15-27-11-13-28(14-12-27)16-22(23,24)25/h2-10,17H,11-16H2,1H3,(H,26,29)/t17-/m1/s1. The van der Waals surface area contributed by atoms with Gasteiger partial charge in [-0.25, -0.2) is 0 Å². The summed E-state index contributed by atoms with van der Waals surface area (Å²) >= 11 is 0. The molecule has 1 heterocycles. The molecule has 0 spiro atoms. The van der Waals surface area contributed by atoms with Gasteiger partial charge in [0.05, 0.1) is 19.1 Å². The van der Waals surface area contributed by atoms with Crippen molar-refractivity contribution >= 4 is 5.91 Å². The lowest BCUT2D eigenvalue weighted by atomic mass is 10.0. The predicted molar refractivity (Wildman–Crippen MR) is 107 cm³/mol. The number of benzene rings is 2. The van der Waals surface area contributed by atoms with Gasteiger partial charge in [-0.1, -0.05) is 54.6 Å². The molecule has 1 fully saturated rings. The van der Waals surface area contributed by atoms with Gasteiger partial charge in [-0.3, -0.25) is 14.6 Å². The molecule has 1 atom stereocenters. The molecule has 4 nitrogen and oxygen atoms in total. The first-order chi connectivity index (χ1) is 13.8. The molecule has 2 aromatic carbocycles. The molecular formula is C22H26F3N3O. The van der Waals surface area contributed by atoms with Crippen molar-refractivity contribution in [3.05, 3.63) is 60.2 Å². The van der Waals surface area contributed by atoms with Crippen molar-refractivity contribution in [2.45, 2.75) is 19.1 Å². The van der Waals surface area contributed by atoms with Gasteiger partial charge in [0.1, 0.15) is 0 Å². The van der Waals surface area contributed by atoms with Crippen LogP contribution in [0.15, 0.2) is 54.6 Å². The average Bonchev–Trinajstić information content (AvgIpc) is 2.69. The van der Waals surface area contributed by atoms with E-state index in [-0.39, 0.29) is 18.5 Å². The Labute approximate surface area is 169 Å². The van der Waals surface area contributed by atoms with E-state index < -0.39 is 12.7 Å². The molecule has 0 saturated carbocycles. The van der Waals surface area contributed by atoms with Crippen LogP contribution < -0.4 is 5.32 Å². The fourth-order valence-corrected chi connectivity index (χ4v) is 3.53. The second-order valence-corrected chi connectivity index (χ2v) is 7.44. The van der Waals surface area contributed by atoms with E-state index in [1.54, 1.807) is 0 Å². The number of hydrogen-bond donors (Lipinski definition) is 1. The van der Waals surface area contributed by atoms with Crippen molar-refractivity contribution in [2.75, 3.05) is 39.3 Å². The number of nitrogens with zero attached hydrogens (tertiary/aromatic N) is 2. The monoisotopic (exact) mass is 405 g/mol. The number of carbonyl (C=O) groups is 1. The van der Waals surface area contributed by atoms with Gasteiger partial charge in [-0.2, -0.15) is 13.2 Å². The predicted octanol–water partition coefficient (Wildman–Crippen LogP) is 3.71. The maximum absolute atomic E-state index is 12.5. The molecule has 29 heavy (non-hydrogen) atoms. The first-order valence-corrected chi connectivity index (χ1v) is 9.76. The van der Waals surface area contributed by atoms with Crippen molar-refractivity contribution in [3.63, 3.8) is 0 Å². The number of carbonyl (C=O) groups excluding carboxylic acids is 1. The van der Waals surface area contributed by atoms with Crippen LogP contribution in [0.25, 0.3) is 11.1 Å². The van der Waals surface area contributed by atoms with E-state index >= 15 is 0 Å². The third kappa shape index (κ3) is 6.58. The highest BCUT2D eigenvalue weighted by Crippen LogP contribution is 2.22. The number of amides is 1. The lowest BCUT2D eigenvalue weighted by Crippen LogP contribution is -2.51. The maximum atomic E-state index is 12.5. The fourth-order valence-electron chi connectivity index (χ4n) is 3.53. The molecule has 0 aromatic heterocycles. The Morgan fingerprint density at radius 2 is 1.48 bits per heavy atom. The number of halogens is 3. The highest BCUT2D eigenvalue weighted by atomic mass is 19.4. The molecule has 2 aromatic rings. The topological polar surface area (TPSA) is 35.6 Å². The van der Waals surface area contributed by atoms with E-state index in [1.165, 1.54) is 4.90 Å². The van der Waals surface area contributed by atoms with Crippen molar-refractivity contribution < 1.29 is 18.0 Å². The Hall–Kier alpha value is -2.38. The molecule has 1 saturated heterocycles. The van der Waals surface area contributed by atoms with Crippen LogP contribution in [0.5, 0.6) is 0 Å². The number of nitrogens with one attached hydrogen (secondary N) is 1. The minimum absolute atomic E-state index is 0.117. The fraction of sp³-hybridized carbons (Fsp3) is 0.409. The molecule has 7 heteroatoms. The summed E-state index contributed by atoms with van der Waals surface area (Å²) in [5, 5.41) is 2.98. The van der Waals surface area contributed by atoms with E-state index in [2.05, 4.69) is 17.4 Å². The Bertz CT molecular complexity index is 785. The van der Waals surface area contributed by atoms with Gasteiger partial charge in [0, 0.05) is 26.2 Å². The molecule has 1 N–H and O–H groups in total. The van der Waals surface area contributed by atoms with Crippen LogP contribution in [-0.4, -0.2) is 61.2 Å². The Morgan fingerprint density at radius 3 is 2.07 bits per heavy atom. The number of hydrogen-bond acceptors (Lipinski definition) is 3.